The van der Waals surface area contributed by atoms with Crippen molar-refractivity contribution in [2.45, 2.75) is 20.3 Å². The Labute approximate surface area is 122 Å². The molecule has 0 fully saturated rings. The molecule has 0 unspecified atom stereocenters. The molecule has 2 nitrogen and oxygen atoms in total. The zero-order chi connectivity index (χ0) is 14.4. The number of allylic oxidation sites excluding steroid dienone is 2. The summed E-state index contributed by atoms with van der Waals surface area (Å²) in [6.07, 6.45) is -0.151. The fourth-order valence-corrected chi connectivity index (χ4v) is 2.33. The maximum absolute atomic E-state index is 12.1. The van der Waals surface area contributed by atoms with Crippen molar-refractivity contribution in [3.05, 3.63) is 57.3 Å². The number of Topliss-reactive ketones (excluding diaryl/α,β-unsaturated/α-hetero) is 2. The van der Waals surface area contributed by atoms with E-state index in [0.29, 0.717) is 15.5 Å². The highest BCUT2D eigenvalue weighted by molar-refractivity contribution is 8.06. The third-order valence-electron chi connectivity index (χ3n) is 2.38. The van der Waals surface area contributed by atoms with Crippen LogP contribution in [0.5, 0.6) is 0 Å². The summed E-state index contributed by atoms with van der Waals surface area (Å²) in [6, 6.07) is 6.61. The zero-order valence-corrected chi connectivity index (χ0v) is 12.5. The third kappa shape index (κ3) is 4.69. The Kier molecular flexibility index (Phi) is 6.06. The van der Waals surface area contributed by atoms with Crippen LogP contribution in [0.1, 0.15) is 30.6 Å². The Morgan fingerprint density at radius 1 is 1.37 bits per heavy atom. The Balaban J connectivity index is 2.85. The van der Waals surface area contributed by atoms with Crippen LogP contribution in [-0.2, 0) is 4.79 Å². The van der Waals surface area contributed by atoms with Crippen molar-refractivity contribution >= 4 is 34.9 Å². The minimum atomic E-state index is -0.226. The lowest BCUT2D eigenvalue weighted by molar-refractivity contribution is -0.114. The molecule has 19 heavy (non-hydrogen) atoms. The van der Waals surface area contributed by atoms with Gasteiger partial charge in [0.2, 0.25) is 0 Å². The van der Waals surface area contributed by atoms with E-state index in [1.807, 2.05) is 13.8 Å². The predicted molar refractivity (Wildman–Crippen MR) is 81.6 cm³/mol. The summed E-state index contributed by atoms with van der Waals surface area (Å²) < 4.78 is 0. The second-order valence-corrected chi connectivity index (χ2v) is 5.56. The fourth-order valence-electron chi connectivity index (χ4n) is 1.54. The van der Waals surface area contributed by atoms with Crippen molar-refractivity contribution in [3.63, 3.8) is 0 Å². The highest BCUT2D eigenvalue weighted by Crippen LogP contribution is 2.23. The van der Waals surface area contributed by atoms with Crippen LogP contribution in [0.3, 0.4) is 0 Å². The second-order valence-electron chi connectivity index (χ2n) is 4.15. The normalized spacial score (nSPS) is 9.84. The van der Waals surface area contributed by atoms with Crippen molar-refractivity contribution in [2.24, 2.45) is 0 Å². The average molecular weight is 295 g/mol. The molecule has 1 aromatic rings. The largest absolute Gasteiger partial charge is 0.294 e. The summed E-state index contributed by atoms with van der Waals surface area (Å²) in [5.41, 5.74) is 1.34. The number of carbonyl (C=O) groups is 2. The van der Waals surface area contributed by atoms with E-state index < -0.39 is 0 Å². The number of hydrogen-bond donors (Lipinski definition) is 0. The van der Waals surface area contributed by atoms with Crippen molar-refractivity contribution < 1.29 is 9.59 Å². The molecule has 0 radical (unpaired) electrons. The number of ketones is 2. The molecule has 1 aromatic carbocycles. The minimum absolute atomic E-state index is 0.151. The van der Waals surface area contributed by atoms with Crippen molar-refractivity contribution in [1.82, 2.24) is 0 Å². The van der Waals surface area contributed by atoms with Gasteiger partial charge >= 0.3 is 0 Å². The van der Waals surface area contributed by atoms with E-state index in [2.05, 4.69) is 6.58 Å². The summed E-state index contributed by atoms with van der Waals surface area (Å²) >= 11 is 7.07. The first kappa shape index (κ1) is 15.7. The van der Waals surface area contributed by atoms with E-state index >= 15 is 0 Å². The van der Waals surface area contributed by atoms with Crippen LogP contribution in [0.2, 0.25) is 5.02 Å². The highest BCUT2D eigenvalue weighted by Gasteiger charge is 2.16. The first-order chi connectivity index (χ1) is 8.95. The van der Waals surface area contributed by atoms with Gasteiger partial charge in [0.25, 0.3) is 0 Å². The lowest BCUT2D eigenvalue weighted by Crippen LogP contribution is -2.09. The van der Waals surface area contributed by atoms with Crippen molar-refractivity contribution in [3.8, 4) is 0 Å². The van der Waals surface area contributed by atoms with Gasteiger partial charge in [-0.25, -0.2) is 0 Å². The summed E-state index contributed by atoms with van der Waals surface area (Å²) in [6.45, 7) is 7.27. The Bertz CT molecular complexity index is 543. The van der Waals surface area contributed by atoms with Crippen LogP contribution in [-0.4, -0.2) is 11.6 Å². The molecule has 0 atom stereocenters. The molecule has 0 spiro atoms. The highest BCUT2D eigenvalue weighted by atomic mass is 35.5. The van der Waals surface area contributed by atoms with Crippen molar-refractivity contribution in [2.75, 3.05) is 0 Å². The fraction of sp³-hybridized carbons (Fsp3) is 0.200. The lowest BCUT2D eigenvalue weighted by Gasteiger charge is -2.06. The molecule has 0 aliphatic carbocycles. The maximum atomic E-state index is 12.1. The molecule has 4 heteroatoms. The molecule has 0 aliphatic heterocycles. The summed E-state index contributed by atoms with van der Waals surface area (Å²) in [5.74, 6) is -0.411. The SMILES string of the molecule is C=CSC(C(=O)CC(=O)c1cccc(Cl)c1)=C(C)C. The van der Waals surface area contributed by atoms with Crippen LogP contribution >= 0.6 is 23.4 Å². The topological polar surface area (TPSA) is 34.1 Å². The van der Waals surface area contributed by atoms with E-state index in [-0.39, 0.29) is 18.0 Å². The van der Waals surface area contributed by atoms with E-state index in [1.165, 1.54) is 11.8 Å². The number of carbonyl (C=O) groups excluding carboxylic acids is 2. The van der Waals surface area contributed by atoms with Gasteiger partial charge in [-0.15, -0.1) is 0 Å². The van der Waals surface area contributed by atoms with Gasteiger partial charge in [0.15, 0.2) is 11.6 Å². The Morgan fingerprint density at radius 2 is 2.05 bits per heavy atom. The van der Waals surface area contributed by atoms with Crippen molar-refractivity contribution in [1.29, 1.82) is 0 Å². The first-order valence-corrected chi connectivity index (χ1v) is 6.98. The molecule has 0 amide bonds. The minimum Gasteiger partial charge on any atom is -0.294 e. The van der Waals surface area contributed by atoms with Crippen LogP contribution in [0, 0.1) is 0 Å². The monoisotopic (exact) mass is 294 g/mol. The number of benzene rings is 1. The van der Waals surface area contributed by atoms with E-state index in [9.17, 15) is 9.59 Å². The van der Waals surface area contributed by atoms with E-state index in [1.54, 1.807) is 29.7 Å². The average Bonchev–Trinajstić information content (AvgIpc) is 2.35. The molecule has 0 saturated carbocycles. The van der Waals surface area contributed by atoms with Crippen LogP contribution in [0.4, 0.5) is 0 Å². The number of hydrogen-bond acceptors (Lipinski definition) is 3. The summed E-state index contributed by atoms with van der Waals surface area (Å²) in [4.78, 5) is 24.6. The Hall–Kier alpha value is -1.32. The first-order valence-electron chi connectivity index (χ1n) is 5.72. The molecular formula is C15H15ClO2S. The maximum Gasteiger partial charge on any atom is 0.177 e. The van der Waals surface area contributed by atoms with Crippen LogP contribution in [0.15, 0.2) is 46.7 Å². The van der Waals surface area contributed by atoms with Gasteiger partial charge in [-0.1, -0.05) is 47.6 Å². The van der Waals surface area contributed by atoms with Gasteiger partial charge in [0.1, 0.15) is 0 Å². The number of thioether (sulfide) groups is 1. The van der Waals surface area contributed by atoms with Gasteiger partial charge in [-0.05, 0) is 31.4 Å². The second kappa shape index (κ2) is 7.31. The van der Waals surface area contributed by atoms with Crippen LogP contribution in [0.25, 0.3) is 0 Å². The van der Waals surface area contributed by atoms with E-state index in [0.717, 1.165) is 5.57 Å². The predicted octanol–water partition coefficient (Wildman–Crippen LogP) is 4.65. The third-order valence-corrected chi connectivity index (χ3v) is 3.65. The molecule has 0 aromatic heterocycles. The Morgan fingerprint density at radius 3 is 2.58 bits per heavy atom. The van der Waals surface area contributed by atoms with Gasteiger partial charge in [0.05, 0.1) is 11.3 Å². The van der Waals surface area contributed by atoms with Gasteiger partial charge in [-0.2, -0.15) is 0 Å². The van der Waals surface area contributed by atoms with Crippen LogP contribution < -0.4 is 0 Å². The standard InChI is InChI=1S/C15H15ClO2S/c1-4-19-15(10(2)3)14(18)9-13(17)11-6-5-7-12(16)8-11/h4-8H,1,9H2,2-3H3. The number of halogens is 1. The van der Waals surface area contributed by atoms with Gasteiger partial charge in [0, 0.05) is 10.6 Å². The molecule has 1 rings (SSSR count). The zero-order valence-electron chi connectivity index (χ0n) is 10.9. The lowest BCUT2D eigenvalue weighted by atomic mass is 10.0. The summed E-state index contributed by atoms with van der Waals surface area (Å²) in [7, 11) is 0. The molecule has 0 heterocycles. The number of rotatable bonds is 6. The molecular weight excluding hydrogens is 280 g/mol. The summed E-state index contributed by atoms with van der Waals surface area (Å²) in [5, 5.41) is 2.07. The van der Waals surface area contributed by atoms with E-state index in [4.69, 9.17) is 11.6 Å². The molecule has 0 bridgehead atoms. The molecule has 0 saturated heterocycles. The van der Waals surface area contributed by atoms with Gasteiger partial charge in [-0.3, -0.25) is 9.59 Å². The van der Waals surface area contributed by atoms with Gasteiger partial charge < -0.3 is 0 Å². The molecule has 0 aliphatic rings. The quantitative estimate of drug-likeness (QED) is 0.435. The smallest absolute Gasteiger partial charge is 0.177 e. The molecule has 100 valence electrons. The molecule has 0 N–H and O–H groups in total.